The summed E-state index contributed by atoms with van der Waals surface area (Å²) in [7, 11) is 3.11. The van der Waals surface area contributed by atoms with Gasteiger partial charge in [0.05, 0.1) is 14.2 Å². The summed E-state index contributed by atoms with van der Waals surface area (Å²) in [4.78, 5) is 29.3. The van der Waals surface area contributed by atoms with Gasteiger partial charge in [-0.05, 0) is 62.2 Å². The van der Waals surface area contributed by atoms with Gasteiger partial charge in [0.2, 0.25) is 11.7 Å². The van der Waals surface area contributed by atoms with E-state index in [0.29, 0.717) is 28.6 Å². The second-order valence-electron chi connectivity index (χ2n) is 8.98. The van der Waals surface area contributed by atoms with Gasteiger partial charge in [0.25, 0.3) is 5.91 Å². The molecule has 1 N–H and O–H groups in total. The van der Waals surface area contributed by atoms with E-state index in [4.69, 9.17) is 9.47 Å². The second-order valence-corrected chi connectivity index (χ2v) is 8.98. The largest absolute Gasteiger partial charge is 0.493 e. The molecule has 3 aromatic rings. The second kappa shape index (κ2) is 11.2. The fourth-order valence-electron chi connectivity index (χ4n) is 4.40. The Morgan fingerprint density at radius 1 is 1.08 bits per heavy atom. The van der Waals surface area contributed by atoms with Gasteiger partial charge in [-0.15, -0.1) is 10.2 Å². The van der Waals surface area contributed by atoms with Gasteiger partial charge in [0, 0.05) is 17.3 Å². The molecule has 2 aromatic carbocycles. The molecule has 0 unspecified atom stereocenters. The van der Waals surface area contributed by atoms with Gasteiger partial charge in [0.1, 0.15) is 12.6 Å². The van der Waals surface area contributed by atoms with Gasteiger partial charge in [-0.1, -0.05) is 30.5 Å². The topological polar surface area (TPSA) is 111 Å². The number of carbonyl (C=O) groups is 2. The average Bonchev–Trinajstić information content (AvgIpc) is 3.57. The molecular weight excluding hydrogens is 460 g/mol. The van der Waals surface area contributed by atoms with Gasteiger partial charge < -0.3 is 14.8 Å². The molecule has 4 rings (SSSR count). The van der Waals surface area contributed by atoms with E-state index < -0.39 is 6.04 Å². The number of amides is 2. The molecule has 0 saturated heterocycles. The summed E-state index contributed by atoms with van der Waals surface area (Å²) < 4.78 is 10.6. The van der Waals surface area contributed by atoms with Crippen molar-refractivity contribution in [2.24, 2.45) is 0 Å². The molecule has 1 aromatic heterocycles. The highest BCUT2D eigenvalue weighted by Gasteiger charge is 2.30. The van der Waals surface area contributed by atoms with Crippen LogP contribution < -0.4 is 19.7 Å². The van der Waals surface area contributed by atoms with Gasteiger partial charge >= 0.3 is 0 Å². The molecule has 1 heterocycles. The first-order chi connectivity index (χ1) is 17.4. The summed E-state index contributed by atoms with van der Waals surface area (Å²) in [6, 6.07) is 12.3. The van der Waals surface area contributed by atoms with Crippen molar-refractivity contribution >= 4 is 17.5 Å². The van der Waals surface area contributed by atoms with Crippen LogP contribution in [0, 0.1) is 6.92 Å². The average molecular weight is 493 g/mol. The van der Waals surface area contributed by atoms with Crippen molar-refractivity contribution in [1.29, 1.82) is 0 Å². The summed E-state index contributed by atoms with van der Waals surface area (Å²) in [5.41, 5.74) is 2.37. The molecule has 0 bridgehead atoms. The monoisotopic (exact) mass is 492 g/mol. The molecule has 1 fully saturated rings. The summed E-state index contributed by atoms with van der Waals surface area (Å²) in [6.45, 7) is 3.54. The minimum atomic E-state index is -0.699. The SMILES string of the molecule is COc1ccc(-c2nnn(CC(=O)N(c3ccc(C)cc3)[C@H](C)C(=O)NC3CCCC3)n2)cc1OC. The van der Waals surface area contributed by atoms with Crippen LogP contribution in [0.2, 0.25) is 0 Å². The number of ether oxygens (including phenoxy) is 2. The Kier molecular flexibility index (Phi) is 7.82. The van der Waals surface area contributed by atoms with Crippen LogP contribution in [0.4, 0.5) is 5.69 Å². The van der Waals surface area contributed by atoms with Crippen LogP contribution in [-0.2, 0) is 16.1 Å². The van der Waals surface area contributed by atoms with E-state index in [1.807, 2.05) is 31.2 Å². The zero-order valence-corrected chi connectivity index (χ0v) is 21.1. The lowest BCUT2D eigenvalue weighted by Crippen LogP contribution is -2.51. The minimum Gasteiger partial charge on any atom is -0.493 e. The molecule has 10 heteroatoms. The third-order valence-corrected chi connectivity index (χ3v) is 6.42. The Labute approximate surface area is 210 Å². The number of tetrazole rings is 1. The van der Waals surface area contributed by atoms with Crippen LogP contribution in [0.5, 0.6) is 11.5 Å². The van der Waals surface area contributed by atoms with Crippen molar-refractivity contribution in [2.75, 3.05) is 19.1 Å². The van der Waals surface area contributed by atoms with E-state index in [1.54, 1.807) is 39.3 Å². The lowest BCUT2D eigenvalue weighted by Gasteiger charge is -2.29. The number of nitrogens with one attached hydrogen (secondary N) is 1. The number of aromatic nitrogens is 4. The maximum Gasteiger partial charge on any atom is 0.251 e. The quantitative estimate of drug-likeness (QED) is 0.488. The summed E-state index contributed by atoms with van der Waals surface area (Å²) in [6.07, 6.45) is 4.16. The maximum absolute atomic E-state index is 13.5. The minimum absolute atomic E-state index is 0.163. The third kappa shape index (κ3) is 5.64. The smallest absolute Gasteiger partial charge is 0.251 e. The molecule has 0 aliphatic heterocycles. The molecule has 0 radical (unpaired) electrons. The summed E-state index contributed by atoms with van der Waals surface area (Å²) in [5.74, 6) is 0.979. The van der Waals surface area contributed by atoms with Crippen LogP contribution in [0.1, 0.15) is 38.2 Å². The van der Waals surface area contributed by atoms with Gasteiger partial charge in [-0.2, -0.15) is 4.80 Å². The van der Waals surface area contributed by atoms with Crippen molar-refractivity contribution in [2.45, 2.75) is 58.2 Å². The highest BCUT2D eigenvalue weighted by Crippen LogP contribution is 2.30. The maximum atomic E-state index is 13.5. The molecule has 1 saturated carbocycles. The summed E-state index contributed by atoms with van der Waals surface area (Å²) in [5, 5.41) is 15.6. The van der Waals surface area contributed by atoms with E-state index >= 15 is 0 Å². The number of carbonyl (C=O) groups excluding carboxylic acids is 2. The number of anilines is 1. The highest BCUT2D eigenvalue weighted by molar-refractivity contribution is 6.00. The Bertz CT molecular complexity index is 1200. The van der Waals surface area contributed by atoms with E-state index in [2.05, 4.69) is 20.7 Å². The van der Waals surface area contributed by atoms with Crippen LogP contribution in [0.25, 0.3) is 11.4 Å². The van der Waals surface area contributed by atoms with E-state index in [0.717, 1.165) is 31.2 Å². The normalized spacial score (nSPS) is 14.3. The van der Waals surface area contributed by atoms with Crippen LogP contribution in [0.15, 0.2) is 42.5 Å². The number of rotatable bonds is 9. The molecule has 10 nitrogen and oxygen atoms in total. The van der Waals surface area contributed by atoms with Crippen LogP contribution >= 0.6 is 0 Å². The van der Waals surface area contributed by atoms with Gasteiger partial charge in [-0.25, -0.2) is 0 Å². The Morgan fingerprint density at radius 2 is 1.78 bits per heavy atom. The number of aryl methyl sites for hydroxylation is 1. The predicted octanol–water partition coefficient (Wildman–Crippen LogP) is 3.15. The van der Waals surface area contributed by atoms with Crippen molar-refractivity contribution in [3.8, 4) is 22.9 Å². The van der Waals surface area contributed by atoms with Crippen LogP contribution in [0.3, 0.4) is 0 Å². The number of hydrogen-bond donors (Lipinski definition) is 1. The number of hydrogen-bond acceptors (Lipinski definition) is 7. The van der Waals surface area contributed by atoms with Gasteiger partial charge in [-0.3, -0.25) is 14.5 Å². The van der Waals surface area contributed by atoms with Crippen molar-refractivity contribution in [1.82, 2.24) is 25.5 Å². The molecule has 190 valence electrons. The van der Waals surface area contributed by atoms with Crippen molar-refractivity contribution in [3.05, 3.63) is 48.0 Å². The molecule has 2 amide bonds. The number of benzene rings is 2. The molecule has 1 atom stereocenters. The lowest BCUT2D eigenvalue weighted by atomic mass is 10.1. The number of methoxy groups -OCH3 is 2. The lowest BCUT2D eigenvalue weighted by molar-refractivity contribution is -0.127. The fraction of sp³-hybridized carbons (Fsp3) is 0.423. The molecule has 36 heavy (non-hydrogen) atoms. The molecule has 1 aliphatic rings. The fourth-order valence-corrected chi connectivity index (χ4v) is 4.40. The zero-order chi connectivity index (χ0) is 25.7. The standard InChI is InChI=1S/C26H32N6O4/c1-17-9-12-21(13-10-17)32(18(2)26(34)27-20-7-5-6-8-20)24(33)16-31-29-25(28-30-31)19-11-14-22(35-3)23(15-19)36-4/h9-15,18,20H,5-8,16H2,1-4H3,(H,27,34)/t18-/m1/s1. The Morgan fingerprint density at radius 3 is 2.44 bits per heavy atom. The Balaban J connectivity index is 1.54. The van der Waals surface area contributed by atoms with Crippen molar-refractivity contribution < 1.29 is 19.1 Å². The van der Waals surface area contributed by atoms with E-state index in [-0.39, 0.29) is 24.4 Å². The highest BCUT2D eigenvalue weighted by atomic mass is 16.5. The van der Waals surface area contributed by atoms with E-state index in [9.17, 15) is 9.59 Å². The molecule has 0 spiro atoms. The van der Waals surface area contributed by atoms with E-state index in [1.165, 1.54) is 9.70 Å². The zero-order valence-electron chi connectivity index (χ0n) is 21.1. The predicted molar refractivity (Wildman–Crippen MR) is 135 cm³/mol. The molecule has 1 aliphatic carbocycles. The third-order valence-electron chi connectivity index (χ3n) is 6.42. The number of nitrogens with zero attached hydrogens (tertiary/aromatic N) is 5. The Hall–Kier alpha value is -3.95. The van der Waals surface area contributed by atoms with Gasteiger partial charge in [0.15, 0.2) is 11.5 Å². The first kappa shape index (κ1) is 25.2. The summed E-state index contributed by atoms with van der Waals surface area (Å²) >= 11 is 0. The molecular formula is C26H32N6O4. The van der Waals surface area contributed by atoms with Crippen molar-refractivity contribution in [3.63, 3.8) is 0 Å². The van der Waals surface area contributed by atoms with Crippen LogP contribution in [-0.4, -0.2) is 58.3 Å². The first-order valence-electron chi connectivity index (χ1n) is 12.1. The first-order valence-corrected chi connectivity index (χ1v) is 12.1.